The summed E-state index contributed by atoms with van der Waals surface area (Å²) in [7, 11) is 0. The van der Waals surface area contributed by atoms with Gasteiger partial charge in [0.1, 0.15) is 5.82 Å². The molecule has 1 atom stereocenters. The number of carbonyl (C=O) groups excluding carboxylic acids is 1. The Hall–Kier alpha value is -2.54. The molecule has 7 heteroatoms. The highest BCUT2D eigenvalue weighted by Gasteiger charge is 2.35. The Bertz CT molecular complexity index is 1000. The van der Waals surface area contributed by atoms with Gasteiger partial charge in [0.05, 0.1) is 10.4 Å². The van der Waals surface area contributed by atoms with Crippen LogP contribution in [-0.4, -0.2) is 22.6 Å². The van der Waals surface area contributed by atoms with Crippen molar-refractivity contribution in [3.8, 4) is 11.4 Å². The van der Waals surface area contributed by atoms with E-state index in [2.05, 4.69) is 33.0 Å². The van der Waals surface area contributed by atoms with Crippen LogP contribution >= 0.6 is 15.9 Å². The molecule has 1 amide bonds. The molecule has 1 fully saturated rings. The van der Waals surface area contributed by atoms with E-state index < -0.39 is 0 Å². The zero-order valence-electron chi connectivity index (χ0n) is 14.7. The second kappa shape index (κ2) is 7.23. The molecular weight excluding hydrogens is 413 g/mol. The molecule has 0 radical (unpaired) electrons. The molecule has 3 aromatic rings. The Kier molecular flexibility index (Phi) is 4.78. The average molecular weight is 430 g/mol. The van der Waals surface area contributed by atoms with Gasteiger partial charge < -0.3 is 9.42 Å². The number of para-hydroxylation sites is 1. The third-order valence-electron chi connectivity index (χ3n) is 4.76. The fourth-order valence-corrected chi connectivity index (χ4v) is 3.71. The van der Waals surface area contributed by atoms with E-state index >= 15 is 0 Å². The van der Waals surface area contributed by atoms with Crippen molar-refractivity contribution in [3.63, 3.8) is 0 Å². The van der Waals surface area contributed by atoms with Gasteiger partial charge >= 0.3 is 0 Å². The van der Waals surface area contributed by atoms with Gasteiger partial charge in [0, 0.05) is 24.2 Å². The van der Waals surface area contributed by atoms with Crippen molar-refractivity contribution in [1.82, 2.24) is 10.1 Å². The maximum Gasteiger partial charge on any atom is 0.232 e. The zero-order chi connectivity index (χ0) is 19.0. The molecule has 1 unspecified atom stereocenters. The van der Waals surface area contributed by atoms with Gasteiger partial charge in [-0.1, -0.05) is 30.3 Å². The summed E-state index contributed by atoms with van der Waals surface area (Å²) in [4.78, 5) is 18.8. The summed E-state index contributed by atoms with van der Waals surface area (Å²) in [5, 5.41) is 4.00. The van der Waals surface area contributed by atoms with Gasteiger partial charge in [0.2, 0.25) is 17.6 Å². The number of halogens is 2. The average Bonchev–Trinajstić information content (AvgIpc) is 3.31. The maximum absolute atomic E-state index is 13.4. The van der Waals surface area contributed by atoms with E-state index in [9.17, 15) is 9.18 Å². The van der Waals surface area contributed by atoms with Gasteiger partial charge in [-0.2, -0.15) is 4.98 Å². The van der Waals surface area contributed by atoms with Gasteiger partial charge in [-0.25, -0.2) is 4.39 Å². The van der Waals surface area contributed by atoms with E-state index in [1.165, 1.54) is 6.07 Å². The Morgan fingerprint density at radius 3 is 2.89 bits per heavy atom. The monoisotopic (exact) mass is 429 g/mol. The predicted octanol–water partition coefficient (Wildman–Crippen LogP) is 4.72. The number of anilines is 1. The van der Waals surface area contributed by atoms with E-state index in [0.29, 0.717) is 34.7 Å². The van der Waals surface area contributed by atoms with Crippen molar-refractivity contribution >= 4 is 27.5 Å². The van der Waals surface area contributed by atoms with Crippen LogP contribution in [0.2, 0.25) is 0 Å². The summed E-state index contributed by atoms with van der Waals surface area (Å²) >= 11 is 3.16. The van der Waals surface area contributed by atoms with Gasteiger partial charge in [0.15, 0.2) is 0 Å². The van der Waals surface area contributed by atoms with Gasteiger partial charge in [-0.3, -0.25) is 4.79 Å². The molecule has 2 aromatic carbocycles. The van der Waals surface area contributed by atoms with E-state index in [-0.39, 0.29) is 17.6 Å². The molecule has 0 saturated carbocycles. The third-order valence-corrected chi connectivity index (χ3v) is 5.36. The molecule has 0 spiro atoms. The van der Waals surface area contributed by atoms with Crippen molar-refractivity contribution < 1.29 is 13.7 Å². The number of aromatic nitrogens is 2. The first-order valence-electron chi connectivity index (χ1n) is 8.74. The molecule has 1 aliphatic rings. The summed E-state index contributed by atoms with van der Waals surface area (Å²) in [6.45, 7) is 2.58. The van der Waals surface area contributed by atoms with Crippen LogP contribution < -0.4 is 4.90 Å². The van der Waals surface area contributed by atoms with Crippen molar-refractivity contribution in [2.45, 2.75) is 25.7 Å². The molecule has 0 aliphatic carbocycles. The van der Waals surface area contributed by atoms with Crippen molar-refractivity contribution in [3.05, 3.63) is 64.2 Å². The number of benzene rings is 2. The first-order valence-corrected chi connectivity index (χ1v) is 9.53. The molecular formula is C20H17BrFN3O2. The van der Waals surface area contributed by atoms with E-state index in [0.717, 1.165) is 17.7 Å². The first kappa shape index (κ1) is 17.9. The van der Waals surface area contributed by atoms with E-state index in [1.807, 2.05) is 24.3 Å². The molecule has 0 N–H and O–H groups in total. The summed E-state index contributed by atoms with van der Waals surface area (Å²) < 4.78 is 19.2. The van der Waals surface area contributed by atoms with Crippen LogP contribution in [0, 0.1) is 5.82 Å². The number of nitrogens with zero attached hydrogens (tertiary/aromatic N) is 3. The largest absolute Gasteiger partial charge is 0.339 e. The van der Waals surface area contributed by atoms with Crippen molar-refractivity contribution in [2.24, 2.45) is 0 Å². The summed E-state index contributed by atoms with van der Waals surface area (Å²) in [6, 6.07) is 12.5. The Balaban J connectivity index is 1.58. The molecule has 1 aromatic heterocycles. The summed E-state index contributed by atoms with van der Waals surface area (Å²) in [5.41, 5.74) is 2.72. The topological polar surface area (TPSA) is 59.2 Å². The van der Waals surface area contributed by atoms with Crippen molar-refractivity contribution in [1.29, 1.82) is 0 Å². The number of aryl methyl sites for hydroxylation is 1. The second-order valence-corrected chi connectivity index (χ2v) is 7.33. The van der Waals surface area contributed by atoms with Gasteiger partial charge in [0.25, 0.3) is 0 Å². The maximum atomic E-state index is 13.4. The number of hydrogen-bond donors (Lipinski definition) is 0. The predicted molar refractivity (Wildman–Crippen MR) is 103 cm³/mol. The number of hydrogen-bond acceptors (Lipinski definition) is 4. The Morgan fingerprint density at radius 1 is 1.30 bits per heavy atom. The molecule has 138 valence electrons. The molecule has 4 rings (SSSR count). The molecule has 1 aliphatic heterocycles. The minimum Gasteiger partial charge on any atom is -0.339 e. The standard InChI is InChI=1S/C20H17BrFN3O2/c1-2-12-5-3-4-6-17(12)25-11-14(10-18(25)26)20-23-19(24-27-20)13-7-8-16(22)15(21)9-13/h3-9,14H,2,10-11H2,1H3. The number of carbonyl (C=O) groups is 1. The Morgan fingerprint density at radius 2 is 2.11 bits per heavy atom. The normalized spacial score (nSPS) is 16.9. The lowest BCUT2D eigenvalue weighted by molar-refractivity contribution is -0.117. The molecule has 0 bridgehead atoms. The quantitative estimate of drug-likeness (QED) is 0.601. The summed E-state index contributed by atoms with van der Waals surface area (Å²) in [5.74, 6) is 0.340. The molecule has 2 heterocycles. The van der Waals surface area contributed by atoms with E-state index in [1.54, 1.807) is 17.0 Å². The SMILES string of the molecule is CCc1ccccc1N1CC(c2nc(-c3ccc(F)c(Br)c3)no2)CC1=O. The lowest BCUT2D eigenvalue weighted by atomic mass is 10.1. The van der Waals surface area contributed by atoms with Crippen LogP contribution in [0.1, 0.15) is 30.7 Å². The van der Waals surface area contributed by atoms with Crippen LogP contribution in [0.15, 0.2) is 51.5 Å². The van der Waals surface area contributed by atoms with Crippen LogP contribution in [0.5, 0.6) is 0 Å². The van der Waals surface area contributed by atoms with Crippen LogP contribution in [0.3, 0.4) is 0 Å². The smallest absolute Gasteiger partial charge is 0.232 e. The highest BCUT2D eigenvalue weighted by Crippen LogP contribution is 2.34. The molecule has 1 saturated heterocycles. The third kappa shape index (κ3) is 3.39. The fourth-order valence-electron chi connectivity index (χ4n) is 3.33. The van der Waals surface area contributed by atoms with Crippen LogP contribution in [-0.2, 0) is 11.2 Å². The molecule has 27 heavy (non-hydrogen) atoms. The van der Waals surface area contributed by atoms with Gasteiger partial charge in [-0.15, -0.1) is 0 Å². The Labute approximate surface area is 164 Å². The highest BCUT2D eigenvalue weighted by molar-refractivity contribution is 9.10. The lowest BCUT2D eigenvalue weighted by Gasteiger charge is -2.19. The number of rotatable bonds is 4. The summed E-state index contributed by atoms with van der Waals surface area (Å²) in [6.07, 6.45) is 1.18. The van der Waals surface area contributed by atoms with Crippen molar-refractivity contribution in [2.75, 3.05) is 11.4 Å². The first-order chi connectivity index (χ1) is 13.1. The van der Waals surface area contributed by atoms with Gasteiger partial charge in [-0.05, 0) is 52.2 Å². The highest BCUT2D eigenvalue weighted by atomic mass is 79.9. The van der Waals surface area contributed by atoms with Crippen LogP contribution in [0.4, 0.5) is 10.1 Å². The zero-order valence-corrected chi connectivity index (χ0v) is 16.2. The minimum atomic E-state index is -0.353. The lowest BCUT2D eigenvalue weighted by Crippen LogP contribution is -2.25. The van der Waals surface area contributed by atoms with Crippen LogP contribution in [0.25, 0.3) is 11.4 Å². The molecule has 5 nitrogen and oxygen atoms in total. The number of amides is 1. The fraction of sp³-hybridized carbons (Fsp3) is 0.250. The second-order valence-electron chi connectivity index (χ2n) is 6.47. The minimum absolute atomic E-state index is 0.0465. The van der Waals surface area contributed by atoms with E-state index in [4.69, 9.17) is 4.52 Å².